The second kappa shape index (κ2) is 10.9. The van der Waals surface area contributed by atoms with Gasteiger partial charge in [-0.25, -0.2) is 0 Å². The summed E-state index contributed by atoms with van der Waals surface area (Å²) in [6.07, 6.45) is 1.01. The molecule has 0 aromatic heterocycles. The van der Waals surface area contributed by atoms with Gasteiger partial charge < -0.3 is 23.8 Å². The quantitative estimate of drug-likeness (QED) is 0.612. The Balaban J connectivity index is 1.50. The summed E-state index contributed by atoms with van der Waals surface area (Å²) < 4.78 is 21.7. The second-order valence-electron chi connectivity index (χ2n) is 7.61. The van der Waals surface area contributed by atoms with E-state index in [1.807, 2.05) is 11.0 Å². The molecule has 7 heteroatoms. The Bertz CT molecular complexity index is 825. The monoisotopic (exact) mass is 428 g/mol. The maximum Gasteiger partial charge on any atom is 0.260 e. The summed E-state index contributed by atoms with van der Waals surface area (Å²) >= 11 is 0. The number of nitrogens with zero attached hydrogens (tertiary/aromatic N) is 2. The highest BCUT2D eigenvalue weighted by Crippen LogP contribution is 2.40. The first-order chi connectivity index (χ1) is 15.0. The lowest BCUT2D eigenvalue weighted by Crippen LogP contribution is -2.52. The van der Waals surface area contributed by atoms with Crippen molar-refractivity contribution in [3.63, 3.8) is 0 Å². The van der Waals surface area contributed by atoms with Crippen LogP contribution in [0, 0.1) is 0 Å². The third-order valence-electron chi connectivity index (χ3n) is 5.66. The van der Waals surface area contributed by atoms with E-state index in [4.69, 9.17) is 18.9 Å². The van der Waals surface area contributed by atoms with Crippen LogP contribution in [-0.4, -0.2) is 75.9 Å². The maximum absolute atomic E-state index is 12.7. The van der Waals surface area contributed by atoms with Crippen molar-refractivity contribution in [1.29, 1.82) is 0 Å². The van der Waals surface area contributed by atoms with Crippen LogP contribution >= 0.6 is 0 Å². The van der Waals surface area contributed by atoms with Gasteiger partial charge in [0.15, 0.2) is 18.1 Å². The lowest BCUT2D eigenvalue weighted by molar-refractivity contribution is -0.135. The highest BCUT2D eigenvalue weighted by Gasteiger charge is 2.24. The van der Waals surface area contributed by atoms with Crippen LogP contribution in [0.1, 0.15) is 12.5 Å². The van der Waals surface area contributed by atoms with Crippen molar-refractivity contribution < 1.29 is 23.7 Å². The third-order valence-corrected chi connectivity index (χ3v) is 5.66. The fourth-order valence-electron chi connectivity index (χ4n) is 3.87. The van der Waals surface area contributed by atoms with Gasteiger partial charge in [0.1, 0.15) is 5.75 Å². The lowest BCUT2D eigenvalue weighted by atomic mass is 10.1. The highest BCUT2D eigenvalue weighted by atomic mass is 16.5. The molecule has 1 heterocycles. The number of methoxy groups -OCH3 is 3. The number of piperazine rings is 1. The number of carbonyl (C=O) groups excluding carboxylic acids is 1. The summed E-state index contributed by atoms with van der Waals surface area (Å²) in [6.45, 7) is 5.36. The van der Waals surface area contributed by atoms with Gasteiger partial charge in [-0.15, -0.1) is 0 Å². The molecule has 0 N–H and O–H groups in total. The van der Waals surface area contributed by atoms with Crippen LogP contribution in [-0.2, 0) is 11.2 Å². The van der Waals surface area contributed by atoms with Gasteiger partial charge in [0.05, 0.1) is 21.3 Å². The highest BCUT2D eigenvalue weighted by molar-refractivity contribution is 5.78. The molecule has 0 unspecified atom stereocenters. The molecule has 1 aliphatic heterocycles. The largest absolute Gasteiger partial charge is 0.493 e. The van der Waals surface area contributed by atoms with E-state index in [0.717, 1.165) is 19.5 Å². The van der Waals surface area contributed by atoms with Crippen LogP contribution in [0.15, 0.2) is 42.5 Å². The molecule has 2 aromatic rings. The average Bonchev–Trinajstić information content (AvgIpc) is 2.82. The van der Waals surface area contributed by atoms with E-state index in [1.54, 1.807) is 33.5 Å². The smallest absolute Gasteiger partial charge is 0.260 e. The Morgan fingerprint density at radius 1 is 0.935 bits per heavy atom. The Labute approximate surface area is 184 Å². The summed E-state index contributed by atoms with van der Waals surface area (Å²) in [7, 11) is 4.64. The van der Waals surface area contributed by atoms with Crippen LogP contribution in [0.4, 0.5) is 0 Å². The minimum Gasteiger partial charge on any atom is -0.493 e. The van der Waals surface area contributed by atoms with E-state index in [0.29, 0.717) is 42.1 Å². The van der Waals surface area contributed by atoms with Gasteiger partial charge in [-0.05, 0) is 18.9 Å². The Hall–Kier alpha value is -2.93. The Morgan fingerprint density at radius 2 is 1.55 bits per heavy atom. The van der Waals surface area contributed by atoms with E-state index < -0.39 is 0 Å². The molecule has 0 aliphatic carbocycles. The Kier molecular flexibility index (Phi) is 8.00. The summed E-state index contributed by atoms with van der Waals surface area (Å²) in [5.74, 6) is 1.95. The number of benzene rings is 2. The van der Waals surface area contributed by atoms with E-state index in [-0.39, 0.29) is 12.5 Å². The van der Waals surface area contributed by atoms with Gasteiger partial charge in [-0.3, -0.25) is 9.69 Å². The first-order valence-electron chi connectivity index (χ1n) is 10.5. The normalized spacial score (nSPS) is 15.3. The van der Waals surface area contributed by atoms with Gasteiger partial charge in [0.25, 0.3) is 5.91 Å². The van der Waals surface area contributed by atoms with E-state index in [2.05, 4.69) is 36.1 Å². The van der Waals surface area contributed by atoms with E-state index in [9.17, 15) is 4.79 Å². The predicted octanol–water partition coefficient (Wildman–Crippen LogP) is 2.87. The molecule has 0 bridgehead atoms. The van der Waals surface area contributed by atoms with Crippen molar-refractivity contribution >= 4 is 5.91 Å². The number of hydrogen-bond acceptors (Lipinski definition) is 6. The molecule has 1 saturated heterocycles. The number of amides is 1. The second-order valence-corrected chi connectivity index (χ2v) is 7.61. The molecule has 7 nitrogen and oxygen atoms in total. The van der Waals surface area contributed by atoms with Crippen molar-refractivity contribution in [3.8, 4) is 23.0 Å². The van der Waals surface area contributed by atoms with Crippen LogP contribution in [0.3, 0.4) is 0 Å². The molecule has 3 rings (SSSR count). The molecular formula is C24H32N2O5. The van der Waals surface area contributed by atoms with Crippen molar-refractivity contribution in [3.05, 3.63) is 48.0 Å². The summed E-state index contributed by atoms with van der Waals surface area (Å²) in [4.78, 5) is 17.0. The van der Waals surface area contributed by atoms with Crippen LogP contribution in [0.25, 0.3) is 0 Å². The van der Waals surface area contributed by atoms with Crippen LogP contribution < -0.4 is 18.9 Å². The fraction of sp³-hybridized carbons (Fsp3) is 0.458. The Morgan fingerprint density at radius 3 is 2.10 bits per heavy atom. The lowest BCUT2D eigenvalue weighted by Gasteiger charge is -2.38. The van der Waals surface area contributed by atoms with Crippen LogP contribution in [0.2, 0.25) is 0 Å². The molecule has 168 valence electrons. The zero-order valence-electron chi connectivity index (χ0n) is 18.8. The number of carbonyl (C=O) groups is 1. The molecule has 1 aliphatic rings. The van der Waals surface area contributed by atoms with Crippen molar-refractivity contribution in [2.24, 2.45) is 0 Å². The SMILES string of the molecule is COc1cc(OCC(=O)N2CCN([C@H](C)Cc3ccccc3)CC2)cc(OC)c1OC. The summed E-state index contributed by atoms with van der Waals surface area (Å²) in [5.41, 5.74) is 1.34. The van der Waals surface area contributed by atoms with Gasteiger partial charge >= 0.3 is 0 Å². The molecule has 31 heavy (non-hydrogen) atoms. The van der Waals surface area contributed by atoms with Gasteiger partial charge in [0.2, 0.25) is 5.75 Å². The van der Waals surface area contributed by atoms with Gasteiger partial charge in [-0.2, -0.15) is 0 Å². The number of hydrogen-bond donors (Lipinski definition) is 0. The summed E-state index contributed by atoms with van der Waals surface area (Å²) in [5, 5.41) is 0. The first-order valence-corrected chi connectivity index (χ1v) is 10.5. The van der Waals surface area contributed by atoms with Crippen LogP contribution in [0.5, 0.6) is 23.0 Å². The summed E-state index contributed by atoms with van der Waals surface area (Å²) in [6, 6.07) is 14.3. The molecule has 1 atom stereocenters. The molecule has 0 spiro atoms. The standard InChI is InChI=1S/C24H32N2O5/c1-18(14-19-8-6-5-7-9-19)25-10-12-26(13-11-25)23(27)17-31-20-15-21(28-2)24(30-4)22(16-20)29-3/h5-9,15-16,18H,10-14,17H2,1-4H3/t18-/m1/s1. The topological polar surface area (TPSA) is 60.5 Å². The van der Waals surface area contributed by atoms with Crippen molar-refractivity contribution in [2.45, 2.75) is 19.4 Å². The predicted molar refractivity (Wildman–Crippen MR) is 119 cm³/mol. The molecular weight excluding hydrogens is 396 g/mol. The van der Waals surface area contributed by atoms with Gasteiger partial charge in [-0.1, -0.05) is 30.3 Å². The minimum atomic E-state index is -0.0296. The van der Waals surface area contributed by atoms with Crippen molar-refractivity contribution in [2.75, 3.05) is 54.1 Å². The zero-order chi connectivity index (χ0) is 22.2. The number of ether oxygens (including phenoxy) is 4. The zero-order valence-corrected chi connectivity index (χ0v) is 18.8. The maximum atomic E-state index is 12.7. The first kappa shape index (κ1) is 22.7. The fourth-order valence-corrected chi connectivity index (χ4v) is 3.87. The van der Waals surface area contributed by atoms with Crippen molar-refractivity contribution in [1.82, 2.24) is 9.80 Å². The molecule has 0 radical (unpaired) electrons. The van der Waals surface area contributed by atoms with E-state index >= 15 is 0 Å². The molecule has 1 fully saturated rings. The number of rotatable bonds is 9. The van der Waals surface area contributed by atoms with Gasteiger partial charge in [0, 0.05) is 44.4 Å². The third kappa shape index (κ3) is 5.82. The van der Waals surface area contributed by atoms with E-state index in [1.165, 1.54) is 5.56 Å². The molecule has 1 amide bonds. The molecule has 2 aromatic carbocycles. The molecule has 0 saturated carbocycles. The minimum absolute atomic E-state index is 0.0240. The average molecular weight is 429 g/mol.